The molecule has 2 fully saturated rings. The number of carbonyl (C=O) groups is 1. The van der Waals surface area contributed by atoms with Crippen molar-refractivity contribution in [3.05, 3.63) is 0 Å². The summed E-state index contributed by atoms with van der Waals surface area (Å²) in [4.78, 5) is 14.6. The minimum absolute atomic E-state index is 0.251. The molecule has 2 rings (SSSR count). The minimum Gasteiger partial charge on any atom is -0.355 e. The normalized spacial score (nSPS) is 30.2. The van der Waals surface area contributed by atoms with E-state index in [9.17, 15) is 4.79 Å². The number of carbonyl (C=O) groups excluding carboxylic acids is 1. The fourth-order valence-electron chi connectivity index (χ4n) is 4.28. The molecule has 2 aliphatic rings. The SMILES string of the molecule is CC1CC(CC(=O)NCC(C)N(C)C2CC2)CC(C)(C)C1. The summed E-state index contributed by atoms with van der Waals surface area (Å²) < 4.78 is 0. The van der Waals surface area contributed by atoms with Gasteiger partial charge in [0, 0.05) is 25.0 Å². The Balaban J connectivity index is 1.71. The van der Waals surface area contributed by atoms with Gasteiger partial charge in [-0.15, -0.1) is 0 Å². The van der Waals surface area contributed by atoms with Gasteiger partial charge in [0.15, 0.2) is 0 Å². The first-order valence-corrected chi connectivity index (χ1v) is 8.75. The fraction of sp³-hybridized carbons (Fsp3) is 0.944. The van der Waals surface area contributed by atoms with Crippen molar-refractivity contribution in [1.29, 1.82) is 0 Å². The van der Waals surface area contributed by atoms with Crippen LogP contribution < -0.4 is 5.32 Å². The van der Waals surface area contributed by atoms with Crippen LogP contribution in [0.2, 0.25) is 0 Å². The monoisotopic (exact) mass is 294 g/mol. The zero-order valence-electron chi connectivity index (χ0n) is 14.6. The number of amides is 1. The van der Waals surface area contributed by atoms with E-state index < -0.39 is 0 Å². The summed E-state index contributed by atoms with van der Waals surface area (Å²) in [7, 11) is 2.18. The third-order valence-corrected chi connectivity index (χ3v) is 5.36. The molecule has 3 atom stereocenters. The van der Waals surface area contributed by atoms with Crippen LogP contribution in [0.3, 0.4) is 0 Å². The van der Waals surface area contributed by atoms with Crippen LogP contribution in [0.25, 0.3) is 0 Å². The Morgan fingerprint density at radius 1 is 1.33 bits per heavy atom. The van der Waals surface area contributed by atoms with Gasteiger partial charge in [-0.05, 0) is 63.3 Å². The van der Waals surface area contributed by atoms with Crippen molar-refractivity contribution in [2.24, 2.45) is 17.3 Å². The smallest absolute Gasteiger partial charge is 0.220 e. The number of nitrogens with one attached hydrogen (secondary N) is 1. The van der Waals surface area contributed by atoms with Crippen LogP contribution in [0.4, 0.5) is 0 Å². The second kappa shape index (κ2) is 6.68. The molecule has 0 saturated heterocycles. The van der Waals surface area contributed by atoms with E-state index in [2.05, 4.69) is 45.0 Å². The predicted octanol–water partition coefficient (Wildman–Crippen LogP) is 3.44. The lowest BCUT2D eigenvalue weighted by Crippen LogP contribution is -2.42. The maximum atomic E-state index is 12.2. The third-order valence-electron chi connectivity index (χ3n) is 5.36. The van der Waals surface area contributed by atoms with Crippen LogP contribution >= 0.6 is 0 Å². The Hall–Kier alpha value is -0.570. The van der Waals surface area contributed by atoms with Gasteiger partial charge in [-0.3, -0.25) is 9.69 Å². The summed E-state index contributed by atoms with van der Waals surface area (Å²) in [6.07, 6.45) is 7.08. The summed E-state index contributed by atoms with van der Waals surface area (Å²) in [6, 6.07) is 1.21. The molecule has 122 valence electrons. The van der Waals surface area contributed by atoms with Gasteiger partial charge < -0.3 is 5.32 Å². The maximum absolute atomic E-state index is 12.2. The quantitative estimate of drug-likeness (QED) is 0.814. The van der Waals surface area contributed by atoms with E-state index in [4.69, 9.17) is 0 Å². The van der Waals surface area contributed by atoms with Crippen LogP contribution in [-0.4, -0.2) is 36.5 Å². The molecule has 21 heavy (non-hydrogen) atoms. The predicted molar refractivity (Wildman–Crippen MR) is 88.2 cm³/mol. The van der Waals surface area contributed by atoms with E-state index in [0.717, 1.165) is 18.5 Å². The minimum atomic E-state index is 0.251. The number of hydrogen-bond donors (Lipinski definition) is 1. The molecule has 0 aromatic carbocycles. The third kappa shape index (κ3) is 5.28. The fourth-order valence-corrected chi connectivity index (χ4v) is 4.28. The van der Waals surface area contributed by atoms with Crippen LogP contribution in [0.5, 0.6) is 0 Å². The van der Waals surface area contributed by atoms with E-state index in [0.29, 0.717) is 23.8 Å². The van der Waals surface area contributed by atoms with E-state index in [-0.39, 0.29) is 5.91 Å². The van der Waals surface area contributed by atoms with Crippen molar-refractivity contribution in [1.82, 2.24) is 10.2 Å². The maximum Gasteiger partial charge on any atom is 0.220 e. The highest BCUT2D eigenvalue weighted by molar-refractivity contribution is 5.76. The molecule has 2 saturated carbocycles. The van der Waals surface area contributed by atoms with Gasteiger partial charge in [-0.2, -0.15) is 0 Å². The molecular weight excluding hydrogens is 260 g/mol. The van der Waals surface area contributed by atoms with Crippen molar-refractivity contribution in [3.63, 3.8) is 0 Å². The molecule has 0 heterocycles. The van der Waals surface area contributed by atoms with Crippen molar-refractivity contribution in [3.8, 4) is 0 Å². The molecule has 0 aromatic rings. The van der Waals surface area contributed by atoms with E-state index in [1.807, 2.05) is 0 Å². The van der Waals surface area contributed by atoms with Gasteiger partial charge in [-0.25, -0.2) is 0 Å². The average Bonchev–Trinajstić information content (AvgIpc) is 3.16. The van der Waals surface area contributed by atoms with Gasteiger partial charge in [0.1, 0.15) is 0 Å². The summed E-state index contributed by atoms with van der Waals surface area (Å²) in [5, 5.41) is 3.15. The molecule has 3 nitrogen and oxygen atoms in total. The lowest BCUT2D eigenvalue weighted by Gasteiger charge is -2.38. The van der Waals surface area contributed by atoms with Crippen LogP contribution in [0.1, 0.15) is 66.2 Å². The van der Waals surface area contributed by atoms with Gasteiger partial charge in [0.05, 0.1) is 0 Å². The molecule has 0 bridgehead atoms. The topological polar surface area (TPSA) is 32.3 Å². The Morgan fingerprint density at radius 2 is 2.00 bits per heavy atom. The van der Waals surface area contributed by atoms with Crippen molar-refractivity contribution in [2.45, 2.75) is 78.3 Å². The van der Waals surface area contributed by atoms with Crippen LogP contribution in [-0.2, 0) is 4.79 Å². The van der Waals surface area contributed by atoms with Crippen LogP contribution in [0.15, 0.2) is 0 Å². The first-order valence-electron chi connectivity index (χ1n) is 8.75. The molecular formula is C18H34N2O. The standard InChI is InChI=1S/C18H34N2O/c1-13-8-15(11-18(3,4)10-13)9-17(21)19-12-14(2)20(5)16-6-7-16/h13-16H,6-12H2,1-5H3,(H,19,21). The number of likely N-dealkylation sites (N-methyl/N-ethyl adjacent to an activating group) is 1. The van der Waals surface area contributed by atoms with Gasteiger partial charge in [0.25, 0.3) is 0 Å². The summed E-state index contributed by atoms with van der Waals surface area (Å²) in [5.74, 6) is 1.58. The number of nitrogens with zero attached hydrogens (tertiary/aromatic N) is 1. The van der Waals surface area contributed by atoms with Gasteiger partial charge >= 0.3 is 0 Å². The zero-order chi connectivity index (χ0) is 15.6. The molecule has 2 aliphatic carbocycles. The van der Waals surface area contributed by atoms with Crippen molar-refractivity contribution in [2.75, 3.05) is 13.6 Å². The van der Waals surface area contributed by atoms with Gasteiger partial charge in [-0.1, -0.05) is 20.8 Å². The van der Waals surface area contributed by atoms with E-state index in [1.54, 1.807) is 0 Å². The van der Waals surface area contributed by atoms with Gasteiger partial charge in [0.2, 0.25) is 5.91 Å². The lowest BCUT2D eigenvalue weighted by atomic mass is 9.67. The Morgan fingerprint density at radius 3 is 2.57 bits per heavy atom. The summed E-state index contributed by atoms with van der Waals surface area (Å²) in [5.41, 5.74) is 0.405. The Kier molecular flexibility index (Phi) is 5.34. The molecule has 0 radical (unpaired) electrons. The molecule has 0 spiro atoms. The molecule has 0 aromatic heterocycles. The van der Waals surface area contributed by atoms with Crippen molar-refractivity contribution >= 4 is 5.91 Å². The molecule has 1 N–H and O–H groups in total. The highest BCUT2D eigenvalue weighted by Crippen LogP contribution is 2.42. The second-order valence-electron chi connectivity index (χ2n) is 8.53. The van der Waals surface area contributed by atoms with E-state index in [1.165, 1.54) is 32.1 Å². The largest absolute Gasteiger partial charge is 0.355 e. The number of hydrogen-bond acceptors (Lipinski definition) is 2. The highest BCUT2D eigenvalue weighted by Gasteiger charge is 2.33. The number of rotatable bonds is 6. The molecule has 0 aliphatic heterocycles. The molecule has 3 heteroatoms. The average molecular weight is 294 g/mol. The summed E-state index contributed by atoms with van der Waals surface area (Å²) in [6.45, 7) is 10.0. The van der Waals surface area contributed by atoms with Crippen molar-refractivity contribution < 1.29 is 4.79 Å². The first-order chi connectivity index (χ1) is 9.77. The first kappa shape index (κ1) is 16.8. The summed E-state index contributed by atoms with van der Waals surface area (Å²) >= 11 is 0. The highest BCUT2D eigenvalue weighted by atomic mass is 16.1. The van der Waals surface area contributed by atoms with Crippen LogP contribution in [0, 0.1) is 17.3 Å². The Labute approximate surface area is 130 Å². The Bertz CT molecular complexity index is 362. The zero-order valence-corrected chi connectivity index (χ0v) is 14.6. The lowest BCUT2D eigenvalue weighted by molar-refractivity contribution is -0.122. The second-order valence-corrected chi connectivity index (χ2v) is 8.53. The molecule has 1 amide bonds. The molecule has 3 unspecified atom stereocenters. The van der Waals surface area contributed by atoms with E-state index >= 15 is 0 Å².